The lowest BCUT2D eigenvalue weighted by molar-refractivity contribution is -0.128. The van der Waals surface area contributed by atoms with E-state index in [1.807, 2.05) is 43.3 Å². The topological polar surface area (TPSA) is 47.6 Å². The summed E-state index contributed by atoms with van der Waals surface area (Å²) in [6, 6.07) is 14.9. The van der Waals surface area contributed by atoms with E-state index in [0.717, 1.165) is 17.7 Å². The second kappa shape index (κ2) is 9.18. The van der Waals surface area contributed by atoms with E-state index in [0.29, 0.717) is 23.7 Å². The molecule has 0 spiro atoms. The monoisotopic (exact) mass is 347 g/mol. The van der Waals surface area contributed by atoms with Gasteiger partial charge < -0.3 is 14.8 Å². The first kappa shape index (κ1) is 18.1. The van der Waals surface area contributed by atoms with Gasteiger partial charge in [-0.2, -0.15) is 0 Å². The van der Waals surface area contributed by atoms with Crippen molar-refractivity contribution in [3.05, 3.63) is 59.1 Å². The molecule has 4 nitrogen and oxygen atoms in total. The zero-order valence-corrected chi connectivity index (χ0v) is 14.7. The fraction of sp³-hybridized carbons (Fsp3) is 0.316. The highest BCUT2D eigenvalue weighted by atomic mass is 35.5. The predicted octanol–water partition coefficient (Wildman–Crippen LogP) is 3.86. The van der Waals surface area contributed by atoms with Crippen LogP contribution in [0.15, 0.2) is 48.5 Å². The molecule has 1 atom stereocenters. The number of hydrogen-bond donors (Lipinski definition) is 1. The highest BCUT2D eigenvalue weighted by Gasteiger charge is 2.18. The van der Waals surface area contributed by atoms with Crippen LogP contribution in [0.5, 0.6) is 11.5 Å². The molecular formula is C19H22ClNO3. The maximum Gasteiger partial charge on any atom is 0.261 e. The van der Waals surface area contributed by atoms with Gasteiger partial charge in [0.05, 0.1) is 12.1 Å². The first-order chi connectivity index (χ1) is 11.6. The molecule has 0 bridgehead atoms. The number of hydrogen-bond acceptors (Lipinski definition) is 3. The average Bonchev–Trinajstić information content (AvgIpc) is 2.61. The van der Waals surface area contributed by atoms with E-state index in [1.54, 1.807) is 19.2 Å². The number of benzene rings is 2. The molecule has 0 fully saturated rings. The lowest BCUT2D eigenvalue weighted by atomic mass is 10.1. The second-order valence-electron chi connectivity index (χ2n) is 5.33. The molecule has 2 rings (SSSR count). The molecule has 2 aromatic carbocycles. The highest BCUT2D eigenvalue weighted by molar-refractivity contribution is 6.32. The standard InChI is InChI=1S/C19H22ClNO3/c1-3-17(24-18-7-5-4-6-16(18)20)19(22)21-13-12-14-8-10-15(23-2)11-9-14/h4-11,17H,3,12-13H2,1-2H3,(H,21,22)/t17-/m0/s1. The van der Waals surface area contributed by atoms with Gasteiger partial charge in [0.25, 0.3) is 5.91 Å². The van der Waals surface area contributed by atoms with Crippen LogP contribution in [0.2, 0.25) is 5.02 Å². The first-order valence-corrected chi connectivity index (χ1v) is 8.33. The van der Waals surface area contributed by atoms with Gasteiger partial charge in [-0.05, 0) is 42.7 Å². The van der Waals surface area contributed by atoms with Gasteiger partial charge >= 0.3 is 0 Å². The number of rotatable bonds is 8. The third kappa shape index (κ3) is 5.17. The zero-order chi connectivity index (χ0) is 17.4. The zero-order valence-electron chi connectivity index (χ0n) is 13.9. The van der Waals surface area contributed by atoms with E-state index < -0.39 is 6.10 Å². The van der Waals surface area contributed by atoms with Crippen LogP contribution in [0.25, 0.3) is 0 Å². The number of halogens is 1. The molecular weight excluding hydrogens is 326 g/mol. The van der Waals surface area contributed by atoms with Crippen molar-refractivity contribution in [3.63, 3.8) is 0 Å². The number of methoxy groups -OCH3 is 1. The van der Waals surface area contributed by atoms with Crippen LogP contribution in [0.1, 0.15) is 18.9 Å². The van der Waals surface area contributed by atoms with Crippen LogP contribution < -0.4 is 14.8 Å². The van der Waals surface area contributed by atoms with E-state index in [-0.39, 0.29) is 5.91 Å². The molecule has 0 aliphatic carbocycles. The first-order valence-electron chi connectivity index (χ1n) is 7.96. The highest BCUT2D eigenvalue weighted by Crippen LogP contribution is 2.24. The smallest absolute Gasteiger partial charge is 0.261 e. The molecule has 1 amide bonds. The summed E-state index contributed by atoms with van der Waals surface area (Å²) in [5.41, 5.74) is 1.14. The Morgan fingerprint density at radius 2 is 1.88 bits per heavy atom. The van der Waals surface area contributed by atoms with Crippen LogP contribution in [-0.4, -0.2) is 25.7 Å². The Kier molecular flexibility index (Phi) is 6.94. The third-order valence-electron chi connectivity index (χ3n) is 3.64. The molecule has 0 heterocycles. The summed E-state index contributed by atoms with van der Waals surface area (Å²) in [7, 11) is 1.64. The minimum atomic E-state index is -0.555. The minimum absolute atomic E-state index is 0.133. The molecule has 0 saturated carbocycles. The van der Waals surface area contributed by atoms with E-state index in [4.69, 9.17) is 21.1 Å². The van der Waals surface area contributed by atoms with E-state index in [9.17, 15) is 4.79 Å². The van der Waals surface area contributed by atoms with Gasteiger partial charge in [-0.25, -0.2) is 0 Å². The van der Waals surface area contributed by atoms with Gasteiger partial charge in [-0.3, -0.25) is 4.79 Å². The van der Waals surface area contributed by atoms with Gasteiger partial charge in [0, 0.05) is 6.54 Å². The SMILES string of the molecule is CC[C@H](Oc1ccccc1Cl)C(=O)NCCc1ccc(OC)cc1. The molecule has 128 valence electrons. The number of amides is 1. The largest absolute Gasteiger partial charge is 0.497 e. The van der Waals surface area contributed by atoms with Crippen LogP contribution >= 0.6 is 11.6 Å². The molecule has 0 aliphatic rings. The van der Waals surface area contributed by atoms with Crippen LogP contribution in [0, 0.1) is 0 Å². The Balaban J connectivity index is 1.84. The van der Waals surface area contributed by atoms with Crippen LogP contribution in [0.3, 0.4) is 0 Å². The number of ether oxygens (including phenoxy) is 2. The number of para-hydroxylation sites is 1. The molecule has 0 aromatic heterocycles. The summed E-state index contributed by atoms with van der Waals surface area (Å²) in [5.74, 6) is 1.21. The normalized spacial score (nSPS) is 11.6. The summed E-state index contributed by atoms with van der Waals surface area (Å²) in [5, 5.41) is 3.41. The minimum Gasteiger partial charge on any atom is -0.497 e. The Morgan fingerprint density at radius 3 is 2.50 bits per heavy atom. The Labute approximate surface area is 147 Å². The summed E-state index contributed by atoms with van der Waals surface area (Å²) in [4.78, 5) is 12.3. The fourth-order valence-electron chi connectivity index (χ4n) is 2.25. The summed E-state index contributed by atoms with van der Waals surface area (Å²) < 4.78 is 10.9. The molecule has 0 aliphatic heterocycles. The van der Waals surface area contributed by atoms with Crippen molar-refractivity contribution in [1.29, 1.82) is 0 Å². The Bertz CT molecular complexity index is 658. The van der Waals surface area contributed by atoms with Crippen molar-refractivity contribution in [1.82, 2.24) is 5.32 Å². The van der Waals surface area contributed by atoms with E-state index in [2.05, 4.69) is 5.32 Å². The molecule has 0 unspecified atom stereocenters. The summed E-state index contributed by atoms with van der Waals surface area (Å²) in [6.07, 6.45) is 0.762. The van der Waals surface area contributed by atoms with E-state index >= 15 is 0 Å². The van der Waals surface area contributed by atoms with Gasteiger partial charge in [0.2, 0.25) is 0 Å². The van der Waals surface area contributed by atoms with Crippen LogP contribution in [-0.2, 0) is 11.2 Å². The Morgan fingerprint density at radius 1 is 1.17 bits per heavy atom. The van der Waals surface area contributed by atoms with Crippen molar-refractivity contribution >= 4 is 17.5 Å². The predicted molar refractivity (Wildman–Crippen MR) is 95.9 cm³/mol. The van der Waals surface area contributed by atoms with Crippen molar-refractivity contribution in [2.75, 3.05) is 13.7 Å². The maximum absolute atomic E-state index is 12.3. The molecule has 1 N–H and O–H groups in total. The molecule has 5 heteroatoms. The average molecular weight is 348 g/mol. The molecule has 24 heavy (non-hydrogen) atoms. The number of carbonyl (C=O) groups excluding carboxylic acids is 1. The van der Waals surface area contributed by atoms with Gasteiger partial charge in [-0.15, -0.1) is 0 Å². The van der Waals surface area contributed by atoms with Gasteiger partial charge in [-0.1, -0.05) is 42.8 Å². The maximum atomic E-state index is 12.3. The number of nitrogens with one attached hydrogen (secondary N) is 1. The van der Waals surface area contributed by atoms with Crippen LogP contribution in [0.4, 0.5) is 0 Å². The number of carbonyl (C=O) groups is 1. The Hall–Kier alpha value is -2.20. The molecule has 0 radical (unpaired) electrons. The third-order valence-corrected chi connectivity index (χ3v) is 3.95. The van der Waals surface area contributed by atoms with Crippen molar-refractivity contribution < 1.29 is 14.3 Å². The molecule has 2 aromatic rings. The lowest BCUT2D eigenvalue weighted by Gasteiger charge is -2.18. The van der Waals surface area contributed by atoms with E-state index in [1.165, 1.54) is 0 Å². The summed E-state index contributed by atoms with van der Waals surface area (Å²) in [6.45, 7) is 2.46. The summed E-state index contributed by atoms with van der Waals surface area (Å²) >= 11 is 6.07. The lowest BCUT2D eigenvalue weighted by Crippen LogP contribution is -2.39. The van der Waals surface area contributed by atoms with Crippen molar-refractivity contribution in [2.45, 2.75) is 25.9 Å². The fourth-order valence-corrected chi connectivity index (χ4v) is 2.43. The quantitative estimate of drug-likeness (QED) is 0.788. The van der Waals surface area contributed by atoms with Gasteiger partial charge in [0.1, 0.15) is 11.5 Å². The molecule has 0 saturated heterocycles. The second-order valence-corrected chi connectivity index (χ2v) is 5.74. The van der Waals surface area contributed by atoms with Gasteiger partial charge in [0.15, 0.2) is 6.10 Å². The van der Waals surface area contributed by atoms with Crippen molar-refractivity contribution in [2.24, 2.45) is 0 Å². The van der Waals surface area contributed by atoms with Crippen molar-refractivity contribution in [3.8, 4) is 11.5 Å².